The molecule has 0 bridgehead atoms. The highest BCUT2D eigenvalue weighted by atomic mass is 32.1. The number of hydrogen-bond acceptors (Lipinski definition) is 6. The smallest absolute Gasteiger partial charge is 0.205 e. The third kappa shape index (κ3) is 3.30. The zero-order valence-electron chi connectivity index (χ0n) is 12.5. The van der Waals surface area contributed by atoms with Gasteiger partial charge in [-0.3, -0.25) is 4.90 Å². The van der Waals surface area contributed by atoms with Crippen molar-refractivity contribution in [1.29, 1.82) is 0 Å². The number of aliphatic hydroxyl groups is 1. The minimum absolute atomic E-state index is 0.422. The van der Waals surface area contributed by atoms with E-state index in [0.29, 0.717) is 12.0 Å². The molecule has 1 aliphatic heterocycles. The first-order chi connectivity index (χ1) is 9.42. The van der Waals surface area contributed by atoms with Crippen LogP contribution in [0.2, 0.25) is 0 Å². The zero-order chi connectivity index (χ0) is 14.3. The molecular weight excluding hydrogens is 272 g/mol. The van der Waals surface area contributed by atoms with E-state index in [1.165, 1.54) is 24.4 Å². The van der Waals surface area contributed by atoms with Gasteiger partial charge in [-0.05, 0) is 33.6 Å². The van der Waals surface area contributed by atoms with Crippen LogP contribution in [0.1, 0.15) is 45.4 Å². The molecule has 1 saturated heterocycles. The largest absolute Gasteiger partial charge is 0.389 e. The second kappa shape index (κ2) is 5.24. The highest BCUT2D eigenvalue weighted by Crippen LogP contribution is 2.40. The summed E-state index contributed by atoms with van der Waals surface area (Å²) >= 11 is 1.54. The van der Waals surface area contributed by atoms with Crippen molar-refractivity contribution < 1.29 is 5.11 Å². The Balaban J connectivity index is 1.61. The van der Waals surface area contributed by atoms with E-state index in [2.05, 4.69) is 21.1 Å². The van der Waals surface area contributed by atoms with Crippen LogP contribution in [0.15, 0.2) is 0 Å². The summed E-state index contributed by atoms with van der Waals surface area (Å²) in [4.78, 5) is 9.41. The molecule has 0 amide bonds. The summed E-state index contributed by atoms with van der Waals surface area (Å²) in [5, 5.41) is 11.0. The van der Waals surface area contributed by atoms with Crippen molar-refractivity contribution >= 4 is 16.7 Å². The molecule has 1 aliphatic carbocycles. The molecule has 20 heavy (non-hydrogen) atoms. The van der Waals surface area contributed by atoms with Crippen LogP contribution in [-0.4, -0.2) is 57.2 Å². The number of β-amino-alcohol motifs (C(OH)–C–C–N with tert-alkyl or cyclic N) is 1. The predicted octanol–water partition coefficient (Wildman–Crippen LogP) is 1.70. The number of piperazine rings is 1. The molecule has 1 aromatic heterocycles. The normalized spacial score (nSPS) is 25.2. The van der Waals surface area contributed by atoms with Crippen LogP contribution >= 0.6 is 11.5 Å². The van der Waals surface area contributed by atoms with Crippen LogP contribution < -0.4 is 4.90 Å². The summed E-state index contributed by atoms with van der Waals surface area (Å²) in [6.45, 7) is 9.63. The van der Waals surface area contributed by atoms with Gasteiger partial charge >= 0.3 is 0 Å². The van der Waals surface area contributed by atoms with E-state index in [1.807, 2.05) is 13.8 Å². The second-order valence-electron chi connectivity index (χ2n) is 6.80. The molecule has 0 spiro atoms. The second-order valence-corrected chi connectivity index (χ2v) is 7.53. The Morgan fingerprint density at radius 3 is 2.70 bits per heavy atom. The first-order valence-corrected chi connectivity index (χ1v) is 8.25. The van der Waals surface area contributed by atoms with Gasteiger partial charge in [0.1, 0.15) is 5.82 Å². The average molecular weight is 296 g/mol. The molecule has 6 heteroatoms. The third-order valence-electron chi connectivity index (χ3n) is 3.94. The number of aromatic nitrogens is 2. The molecule has 0 aromatic carbocycles. The standard InChI is InChI=1S/C14H24N4OS/c1-10-8-17(9-14(2,3)19)6-7-18(10)13-15-12(16-20-13)11-4-5-11/h10-11,19H,4-9H2,1-3H3. The van der Waals surface area contributed by atoms with Crippen LogP contribution in [0.4, 0.5) is 5.13 Å². The Kier molecular flexibility index (Phi) is 3.73. The fourth-order valence-corrected chi connectivity index (χ4v) is 3.73. The van der Waals surface area contributed by atoms with E-state index in [0.717, 1.165) is 37.1 Å². The summed E-state index contributed by atoms with van der Waals surface area (Å²) in [5.74, 6) is 1.68. The Labute approximate surface area is 124 Å². The monoisotopic (exact) mass is 296 g/mol. The van der Waals surface area contributed by atoms with Crippen LogP contribution in [0, 0.1) is 0 Å². The molecule has 1 aromatic rings. The SMILES string of the molecule is CC1CN(CC(C)(C)O)CCN1c1nc(C2CC2)ns1. The number of anilines is 1. The van der Waals surface area contributed by atoms with Crippen molar-refractivity contribution in [2.24, 2.45) is 0 Å². The topological polar surface area (TPSA) is 52.5 Å². The Morgan fingerprint density at radius 2 is 2.10 bits per heavy atom. The molecule has 2 fully saturated rings. The molecule has 1 N–H and O–H groups in total. The Hall–Kier alpha value is -0.720. The molecular formula is C14H24N4OS. The molecule has 2 aliphatic rings. The van der Waals surface area contributed by atoms with E-state index >= 15 is 0 Å². The average Bonchev–Trinajstić information content (AvgIpc) is 3.07. The van der Waals surface area contributed by atoms with Gasteiger partial charge in [-0.15, -0.1) is 0 Å². The fraction of sp³-hybridized carbons (Fsp3) is 0.857. The quantitative estimate of drug-likeness (QED) is 0.916. The molecule has 0 radical (unpaired) electrons. The van der Waals surface area contributed by atoms with Gasteiger partial charge < -0.3 is 10.0 Å². The van der Waals surface area contributed by atoms with Crippen molar-refractivity contribution in [2.45, 2.75) is 51.2 Å². The lowest BCUT2D eigenvalue weighted by Gasteiger charge is -2.41. The van der Waals surface area contributed by atoms with Crippen molar-refractivity contribution in [1.82, 2.24) is 14.3 Å². The van der Waals surface area contributed by atoms with Gasteiger partial charge in [-0.1, -0.05) is 0 Å². The van der Waals surface area contributed by atoms with E-state index in [-0.39, 0.29) is 0 Å². The van der Waals surface area contributed by atoms with Gasteiger partial charge in [0.15, 0.2) is 0 Å². The summed E-state index contributed by atoms with van der Waals surface area (Å²) in [6, 6.07) is 0.422. The molecule has 2 heterocycles. The molecule has 3 rings (SSSR count). The molecule has 1 saturated carbocycles. The van der Waals surface area contributed by atoms with E-state index in [9.17, 15) is 5.11 Å². The predicted molar refractivity (Wildman–Crippen MR) is 81.4 cm³/mol. The van der Waals surface area contributed by atoms with Crippen molar-refractivity contribution in [3.63, 3.8) is 0 Å². The maximum absolute atomic E-state index is 9.93. The fourth-order valence-electron chi connectivity index (χ4n) is 2.86. The van der Waals surface area contributed by atoms with Crippen molar-refractivity contribution in [3.05, 3.63) is 5.82 Å². The zero-order valence-corrected chi connectivity index (χ0v) is 13.4. The van der Waals surface area contributed by atoms with Crippen molar-refractivity contribution in [2.75, 3.05) is 31.1 Å². The van der Waals surface area contributed by atoms with Crippen LogP contribution in [-0.2, 0) is 0 Å². The van der Waals surface area contributed by atoms with Gasteiger partial charge in [0.25, 0.3) is 0 Å². The minimum Gasteiger partial charge on any atom is -0.389 e. The summed E-state index contributed by atoms with van der Waals surface area (Å²) in [5.41, 5.74) is -0.621. The summed E-state index contributed by atoms with van der Waals surface area (Å²) in [7, 11) is 0. The van der Waals surface area contributed by atoms with Gasteiger partial charge in [0.2, 0.25) is 5.13 Å². The van der Waals surface area contributed by atoms with E-state index in [4.69, 9.17) is 4.98 Å². The molecule has 1 unspecified atom stereocenters. The lowest BCUT2D eigenvalue weighted by Crippen LogP contribution is -2.54. The summed E-state index contributed by atoms with van der Waals surface area (Å²) < 4.78 is 4.50. The highest BCUT2D eigenvalue weighted by Gasteiger charge is 2.32. The highest BCUT2D eigenvalue weighted by molar-refractivity contribution is 7.09. The molecule has 112 valence electrons. The lowest BCUT2D eigenvalue weighted by molar-refractivity contribution is 0.0308. The van der Waals surface area contributed by atoms with Gasteiger partial charge in [-0.25, -0.2) is 4.98 Å². The Morgan fingerprint density at radius 1 is 1.35 bits per heavy atom. The van der Waals surface area contributed by atoms with Crippen molar-refractivity contribution in [3.8, 4) is 0 Å². The van der Waals surface area contributed by atoms with Crippen LogP contribution in [0.5, 0.6) is 0 Å². The van der Waals surface area contributed by atoms with Gasteiger partial charge in [-0.2, -0.15) is 4.37 Å². The maximum atomic E-state index is 9.93. The number of nitrogens with zero attached hydrogens (tertiary/aromatic N) is 4. The van der Waals surface area contributed by atoms with Crippen LogP contribution in [0.25, 0.3) is 0 Å². The van der Waals surface area contributed by atoms with Gasteiger partial charge in [0, 0.05) is 49.7 Å². The van der Waals surface area contributed by atoms with Crippen LogP contribution in [0.3, 0.4) is 0 Å². The third-order valence-corrected chi connectivity index (χ3v) is 4.71. The maximum Gasteiger partial charge on any atom is 0.205 e. The molecule has 5 nitrogen and oxygen atoms in total. The lowest BCUT2D eigenvalue weighted by atomic mass is 10.1. The molecule has 1 atom stereocenters. The first kappa shape index (κ1) is 14.2. The minimum atomic E-state index is -0.621. The van der Waals surface area contributed by atoms with E-state index < -0.39 is 5.60 Å². The number of hydrogen-bond donors (Lipinski definition) is 1. The Bertz CT molecular complexity index is 466. The van der Waals surface area contributed by atoms with Gasteiger partial charge in [0.05, 0.1) is 5.60 Å². The summed E-state index contributed by atoms with van der Waals surface area (Å²) in [6.07, 6.45) is 2.51. The first-order valence-electron chi connectivity index (χ1n) is 7.47. The number of rotatable bonds is 4. The van der Waals surface area contributed by atoms with E-state index in [1.54, 1.807) is 0 Å².